The largest absolute Gasteiger partial charge is 0.356 e. The molecule has 0 aliphatic carbocycles. The van der Waals surface area contributed by atoms with Gasteiger partial charge in [-0.05, 0) is 19.1 Å². The summed E-state index contributed by atoms with van der Waals surface area (Å²) in [5, 5.41) is 2.84. The Kier molecular flexibility index (Phi) is 3.32. The molecule has 0 spiro atoms. The summed E-state index contributed by atoms with van der Waals surface area (Å²) in [7, 11) is -3.28. The first-order valence-corrected chi connectivity index (χ1v) is 6.22. The minimum atomic E-state index is -3.28. The third-order valence-corrected chi connectivity index (χ3v) is 2.90. The minimum absolute atomic E-state index is 0.159. The molecule has 1 N–H and O–H groups in total. The molecule has 0 aromatic carbocycles. The van der Waals surface area contributed by atoms with Crippen LogP contribution in [0.25, 0.3) is 0 Å². The minimum Gasteiger partial charge on any atom is -0.356 e. The van der Waals surface area contributed by atoms with Gasteiger partial charge in [0.15, 0.2) is 9.84 Å². The van der Waals surface area contributed by atoms with Crippen LogP contribution in [0.5, 0.6) is 0 Å². The molecule has 0 aliphatic rings. The second-order valence-electron chi connectivity index (χ2n) is 3.16. The molecule has 5 heteroatoms. The standard InChI is InChI=1S/C10H12N2O2S/c1-4-8(2)12-10-9(15(3,13)14)6-5-7-11-10/h1,5-8H,2-3H3,(H,11,12). The fourth-order valence-corrected chi connectivity index (χ4v) is 1.83. The van der Waals surface area contributed by atoms with Crippen molar-refractivity contribution < 1.29 is 8.42 Å². The Hall–Kier alpha value is -1.54. The summed E-state index contributed by atoms with van der Waals surface area (Å²) in [6.07, 6.45) is 7.84. The molecule has 1 unspecified atom stereocenters. The van der Waals surface area contributed by atoms with Gasteiger partial charge in [-0.2, -0.15) is 0 Å². The molecule has 0 amide bonds. The lowest BCUT2D eigenvalue weighted by Gasteiger charge is -2.11. The number of nitrogens with zero attached hydrogens (tertiary/aromatic N) is 1. The van der Waals surface area contributed by atoms with E-state index in [0.717, 1.165) is 6.26 Å². The smallest absolute Gasteiger partial charge is 0.179 e. The first-order valence-electron chi connectivity index (χ1n) is 4.33. The molecule has 1 heterocycles. The SMILES string of the molecule is C#CC(C)Nc1ncccc1S(C)(=O)=O. The highest BCUT2D eigenvalue weighted by atomic mass is 32.2. The van der Waals surface area contributed by atoms with E-state index in [1.807, 2.05) is 0 Å². The number of rotatable bonds is 3. The highest BCUT2D eigenvalue weighted by Crippen LogP contribution is 2.18. The number of aromatic nitrogens is 1. The second-order valence-corrected chi connectivity index (χ2v) is 5.14. The Morgan fingerprint density at radius 3 is 2.80 bits per heavy atom. The Labute approximate surface area is 89.7 Å². The maximum atomic E-state index is 11.4. The molecule has 0 saturated carbocycles. The van der Waals surface area contributed by atoms with E-state index in [1.165, 1.54) is 12.3 Å². The lowest BCUT2D eigenvalue weighted by molar-refractivity contribution is 0.601. The number of anilines is 1. The first-order chi connectivity index (χ1) is 6.95. The van der Waals surface area contributed by atoms with Crippen molar-refractivity contribution in [2.45, 2.75) is 17.9 Å². The monoisotopic (exact) mass is 224 g/mol. The lowest BCUT2D eigenvalue weighted by Crippen LogP contribution is -2.16. The fraction of sp³-hybridized carbons (Fsp3) is 0.300. The van der Waals surface area contributed by atoms with Gasteiger partial charge in [0, 0.05) is 12.5 Å². The van der Waals surface area contributed by atoms with Gasteiger partial charge in [-0.3, -0.25) is 0 Å². The molecule has 0 radical (unpaired) electrons. The number of hydrogen-bond donors (Lipinski definition) is 1. The van der Waals surface area contributed by atoms with Crippen molar-refractivity contribution in [3.8, 4) is 12.3 Å². The molecule has 15 heavy (non-hydrogen) atoms. The zero-order valence-corrected chi connectivity index (χ0v) is 9.38. The van der Waals surface area contributed by atoms with Gasteiger partial charge in [0.05, 0.1) is 6.04 Å². The van der Waals surface area contributed by atoms with Crippen LogP contribution in [0.3, 0.4) is 0 Å². The average Bonchev–Trinajstić information content (AvgIpc) is 2.17. The third kappa shape index (κ3) is 2.96. The molecule has 0 saturated heterocycles. The Bertz CT molecular complexity index is 488. The summed E-state index contributed by atoms with van der Waals surface area (Å²) >= 11 is 0. The van der Waals surface area contributed by atoms with Crippen LogP contribution in [0.2, 0.25) is 0 Å². The molecule has 1 atom stereocenters. The van der Waals surface area contributed by atoms with Gasteiger partial charge in [-0.15, -0.1) is 6.42 Å². The van der Waals surface area contributed by atoms with Crippen molar-refractivity contribution in [2.75, 3.05) is 11.6 Å². The van der Waals surface area contributed by atoms with Gasteiger partial charge in [0.2, 0.25) is 0 Å². The van der Waals surface area contributed by atoms with E-state index < -0.39 is 9.84 Å². The molecule has 0 fully saturated rings. The van der Waals surface area contributed by atoms with E-state index in [2.05, 4.69) is 16.2 Å². The summed E-state index contributed by atoms with van der Waals surface area (Å²) in [5.41, 5.74) is 0. The number of sulfone groups is 1. The highest BCUT2D eigenvalue weighted by Gasteiger charge is 2.14. The zero-order chi connectivity index (χ0) is 11.5. The molecule has 80 valence electrons. The summed E-state index contributed by atoms with van der Waals surface area (Å²) in [6, 6.07) is 2.80. The van der Waals surface area contributed by atoms with Crippen LogP contribution < -0.4 is 5.32 Å². The van der Waals surface area contributed by atoms with Crippen LogP contribution in [0.15, 0.2) is 23.2 Å². The molecule has 1 rings (SSSR count). The summed E-state index contributed by atoms with van der Waals surface area (Å²) in [6.45, 7) is 1.75. The van der Waals surface area contributed by atoms with Crippen LogP contribution in [0.1, 0.15) is 6.92 Å². The Morgan fingerprint density at radius 1 is 1.60 bits per heavy atom. The normalized spacial score (nSPS) is 12.9. The predicted octanol–water partition coefficient (Wildman–Crippen LogP) is 0.919. The zero-order valence-electron chi connectivity index (χ0n) is 8.56. The number of nitrogens with one attached hydrogen (secondary N) is 1. The quantitative estimate of drug-likeness (QED) is 0.776. The van der Waals surface area contributed by atoms with Crippen molar-refractivity contribution in [1.82, 2.24) is 4.98 Å². The molecular weight excluding hydrogens is 212 g/mol. The molecule has 1 aromatic rings. The van der Waals surface area contributed by atoms with Crippen LogP contribution in [-0.2, 0) is 9.84 Å². The second kappa shape index (κ2) is 4.32. The van der Waals surface area contributed by atoms with Crippen LogP contribution >= 0.6 is 0 Å². The van der Waals surface area contributed by atoms with Gasteiger partial charge >= 0.3 is 0 Å². The van der Waals surface area contributed by atoms with Crippen LogP contribution in [0.4, 0.5) is 5.82 Å². The lowest BCUT2D eigenvalue weighted by atomic mass is 10.3. The first kappa shape index (κ1) is 11.5. The van der Waals surface area contributed by atoms with E-state index in [-0.39, 0.29) is 10.9 Å². The molecule has 1 aromatic heterocycles. The van der Waals surface area contributed by atoms with Gasteiger partial charge in [0.1, 0.15) is 10.7 Å². The van der Waals surface area contributed by atoms with E-state index >= 15 is 0 Å². The van der Waals surface area contributed by atoms with Crippen molar-refractivity contribution in [3.63, 3.8) is 0 Å². The summed E-state index contributed by atoms with van der Waals surface area (Å²) in [5.74, 6) is 2.74. The van der Waals surface area contributed by atoms with Gasteiger partial charge in [-0.1, -0.05) is 5.92 Å². The molecule has 4 nitrogen and oxygen atoms in total. The molecule has 0 aliphatic heterocycles. The number of terminal acetylenes is 1. The van der Waals surface area contributed by atoms with E-state index in [1.54, 1.807) is 13.0 Å². The average molecular weight is 224 g/mol. The third-order valence-electron chi connectivity index (χ3n) is 1.77. The number of hydrogen-bond acceptors (Lipinski definition) is 4. The van der Waals surface area contributed by atoms with Crippen molar-refractivity contribution in [2.24, 2.45) is 0 Å². The van der Waals surface area contributed by atoms with Gasteiger partial charge < -0.3 is 5.32 Å². The Morgan fingerprint density at radius 2 is 2.27 bits per heavy atom. The molecule has 0 bridgehead atoms. The topological polar surface area (TPSA) is 59.1 Å². The van der Waals surface area contributed by atoms with Crippen LogP contribution in [0, 0.1) is 12.3 Å². The number of pyridine rings is 1. The Balaban J connectivity index is 3.15. The van der Waals surface area contributed by atoms with Gasteiger partial charge in [0.25, 0.3) is 0 Å². The predicted molar refractivity (Wildman–Crippen MR) is 59.3 cm³/mol. The van der Waals surface area contributed by atoms with Crippen molar-refractivity contribution in [3.05, 3.63) is 18.3 Å². The van der Waals surface area contributed by atoms with Crippen molar-refractivity contribution >= 4 is 15.7 Å². The molecular formula is C10H12N2O2S. The highest BCUT2D eigenvalue weighted by molar-refractivity contribution is 7.90. The maximum Gasteiger partial charge on any atom is 0.179 e. The van der Waals surface area contributed by atoms with Crippen LogP contribution in [-0.4, -0.2) is 25.7 Å². The maximum absolute atomic E-state index is 11.4. The fourth-order valence-electron chi connectivity index (χ4n) is 1.04. The summed E-state index contributed by atoms with van der Waals surface area (Å²) < 4.78 is 22.8. The summed E-state index contributed by atoms with van der Waals surface area (Å²) in [4.78, 5) is 4.11. The van der Waals surface area contributed by atoms with Gasteiger partial charge in [-0.25, -0.2) is 13.4 Å². The van der Waals surface area contributed by atoms with E-state index in [4.69, 9.17) is 6.42 Å². The van der Waals surface area contributed by atoms with Crippen molar-refractivity contribution in [1.29, 1.82) is 0 Å². The van der Waals surface area contributed by atoms with E-state index in [0.29, 0.717) is 5.82 Å². The van der Waals surface area contributed by atoms with E-state index in [9.17, 15) is 8.42 Å².